The maximum Gasteiger partial charge on any atom is 0.265 e. The first-order valence-corrected chi connectivity index (χ1v) is 8.98. The number of nitrogens with one attached hydrogen (secondary N) is 1. The number of nitrogens with zero attached hydrogens (tertiary/aromatic N) is 2. The van der Waals surface area contributed by atoms with Crippen LogP contribution in [-0.4, -0.2) is 38.3 Å². The Kier molecular flexibility index (Phi) is 5.94. The summed E-state index contributed by atoms with van der Waals surface area (Å²) in [7, 11) is 0. The number of hydrogen-bond donors (Lipinski definition) is 1. The zero-order valence-electron chi connectivity index (χ0n) is 15.6. The second kappa shape index (κ2) is 8.56. The molecule has 1 fully saturated rings. The molecule has 1 atom stereocenters. The zero-order valence-corrected chi connectivity index (χ0v) is 15.6. The summed E-state index contributed by atoms with van der Waals surface area (Å²) in [6.45, 7) is 6.90. The van der Waals surface area contributed by atoms with Gasteiger partial charge in [0.15, 0.2) is 6.10 Å². The molecule has 1 amide bonds. The number of hydrogen-bond acceptors (Lipinski definition) is 5. The van der Waals surface area contributed by atoms with Gasteiger partial charge in [0, 0.05) is 24.5 Å². The van der Waals surface area contributed by atoms with Crippen molar-refractivity contribution in [3.8, 4) is 11.8 Å². The van der Waals surface area contributed by atoms with Gasteiger partial charge in [-0.25, -0.2) is 0 Å². The zero-order chi connectivity index (χ0) is 19.2. The fourth-order valence-corrected chi connectivity index (χ4v) is 2.91. The van der Waals surface area contributed by atoms with Crippen molar-refractivity contribution in [1.29, 1.82) is 5.26 Å². The van der Waals surface area contributed by atoms with E-state index in [1.807, 2.05) is 19.1 Å². The number of aryl methyl sites for hydroxylation is 1. The molecule has 140 valence electrons. The van der Waals surface area contributed by atoms with E-state index in [1.165, 1.54) is 0 Å². The number of morpholine rings is 1. The van der Waals surface area contributed by atoms with Crippen LogP contribution >= 0.6 is 0 Å². The van der Waals surface area contributed by atoms with Gasteiger partial charge in [0.25, 0.3) is 5.91 Å². The van der Waals surface area contributed by atoms with Crippen LogP contribution in [0.3, 0.4) is 0 Å². The molecule has 1 unspecified atom stereocenters. The maximum absolute atomic E-state index is 12.5. The van der Waals surface area contributed by atoms with E-state index in [-0.39, 0.29) is 5.91 Å². The summed E-state index contributed by atoms with van der Waals surface area (Å²) >= 11 is 0. The predicted octanol–water partition coefficient (Wildman–Crippen LogP) is 3.11. The molecule has 1 N–H and O–H groups in total. The van der Waals surface area contributed by atoms with Gasteiger partial charge in [-0.15, -0.1) is 0 Å². The Balaban J connectivity index is 1.61. The summed E-state index contributed by atoms with van der Waals surface area (Å²) in [6.07, 6.45) is -0.656. The van der Waals surface area contributed by atoms with Crippen molar-refractivity contribution in [2.24, 2.45) is 0 Å². The van der Waals surface area contributed by atoms with E-state index in [9.17, 15) is 4.79 Å². The molecule has 1 aliphatic heterocycles. The highest BCUT2D eigenvalue weighted by molar-refractivity contribution is 5.95. The Bertz CT molecular complexity index is 837. The van der Waals surface area contributed by atoms with Crippen molar-refractivity contribution in [2.45, 2.75) is 20.0 Å². The topological polar surface area (TPSA) is 74.6 Å². The Morgan fingerprint density at radius 3 is 2.56 bits per heavy atom. The lowest BCUT2D eigenvalue weighted by atomic mass is 10.1. The third kappa shape index (κ3) is 4.78. The molecule has 0 aromatic heterocycles. The molecule has 6 heteroatoms. The highest BCUT2D eigenvalue weighted by Crippen LogP contribution is 2.24. The Morgan fingerprint density at radius 1 is 1.22 bits per heavy atom. The van der Waals surface area contributed by atoms with Crippen LogP contribution in [0.25, 0.3) is 0 Å². The molecule has 2 aromatic rings. The van der Waals surface area contributed by atoms with E-state index in [4.69, 9.17) is 14.7 Å². The van der Waals surface area contributed by atoms with E-state index in [2.05, 4.69) is 22.4 Å². The van der Waals surface area contributed by atoms with Crippen LogP contribution in [0.2, 0.25) is 0 Å². The third-order valence-corrected chi connectivity index (χ3v) is 4.51. The molecule has 1 aliphatic rings. The lowest BCUT2D eigenvalue weighted by Crippen LogP contribution is -2.36. The Morgan fingerprint density at radius 2 is 1.93 bits per heavy atom. The van der Waals surface area contributed by atoms with Crippen LogP contribution in [0.1, 0.15) is 18.1 Å². The largest absolute Gasteiger partial charge is 0.481 e. The molecule has 1 heterocycles. The summed E-state index contributed by atoms with van der Waals surface area (Å²) in [5, 5.41) is 11.8. The van der Waals surface area contributed by atoms with Crippen LogP contribution in [-0.2, 0) is 9.53 Å². The van der Waals surface area contributed by atoms with Crippen LogP contribution < -0.4 is 15.0 Å². The summed E-state index contributed by atoms with van der Waals surface area (Å²) in [4.78, 5) is 14.7. The molecule has 0 aliphatic carbocycles. The molecule has 6 nitrogen and oxygen atoms in total. The minimum atomic E-state index is -0.656. The quantitative estimate of drug-likeness (QED) is 0.881. The molecule has 0 saturated carbocycles. The number of nitriles is 1. The first-order valence-electron chi connectivity index (χ1n) is 8.98. The van der Waals surface area contributed by atoms with Crippen LogP contribution in [0.5, 0.6) is 5.75 Å². The van der Waals surface area contributed by atoms with E-state index >= 15 is 0 Å². The van der Waals surface area contributed by atoms with E-state index in [0.717, 1.165) is 43.2 Å². The molecular weight excluding hydrogens is 342 g/mol. The minimum Gasteiger partial charge on any atom is -0.481 e. The number of amides is 1. The fourth-order valence-electron chi connectivity index (χ4n) is 2.91. The highest BCUT2D eigenvalue weighted by Gasteiger charge is 2.17. The lowest BCUT2D eigenvalue weighted by Gasteiger charge is -2.29. The molecule has 0 radical (unpaired) electrons. The first-order chi connectivity index (χ1) is 13.1. The average Bonchev–Trinajstić information content (AvgIpc) is 2.70. The fraction of sp³-hybridized carbons (Fsp3) is 0.333. The summed E-state index contributed by atoms with van der Waals surface area (Å²) in [5.74, 6) is 0.331. The van der Waals surface area contributed by atoms with Gasteiger partial charge >= 0.3 is 0 Å². The van der Waals surface area contributed by atoms with Crippen molar-refractivity contribution >= 4 is 17.3 Å². The van der Waals surface area contributed by atoms with Gasteiger partial charge in [-0.1, -0.05) is 0 Å². The van der Waals surface area contributed by atoms with Crippen molar-refractivity contribution in [3.63, 3.8) is 0 Å². The number of anilines is 2. The number of rotatable bonds is 5. The Hall–Kier alpha value is -3.04. The van der Waals surface area contributed by atoms with Crippen LogP contribution in [0.4, 0.5) is 11.4 Å². The number of carbonyl (C=O) groups is 1. The molecule has 1 saturated heterocycles. The van der Waals surface area contributed by atoms with Crippen LogP contribution in [0, 0.1) is 18.3 Å². The van der Waals surface area contributed by atoms with E-state index < -0.39 is 6.10 Å². The molecule has 0 spiro atoms. The van der Waals surface area contributed by atoms with Gasteiger partial charge in [0.1, 0.15) is 5.75 Å². The van der Waals surface area contributed by atoms with Gasteiger partial charge < -0.3 is 19.7 Å². The highest BCUT2D eigenvalue weighted by atomic mass is 16.5. The molecule has 0 bridgehead atoms. The van der Waals surface area contributed by atoms with Gasteiger partial charge in [-0.3, -0.25) is 4.79 Å². The van der Waals surface area contributed by atoms with E-state index in [0.29, 0.717) is 11.3 Å². The smallest absolute Gasteiger partial charge is 0.265 e. The summed E-state index contributed by atoms with van der Waals surface area (Å²) in [5.41, 5.74) is 3.45. The normalized spacial score (nSPS) is 14.9. The molecule has 3 rings (SSSR count). The average molecular weight is 365 g/mol. The third-order valence-electron chi connectivity index (χ3n) is 4.51. The minimum absolute atomic E-state index is 0.221. The van der Waals surface area contributed by atoms with Gasteiger partial charge in [0.2, 0.25) is 0 Å². The van der Waals surface area contributed by atoms with Crippen molar-refractivity contribution in [2.75, 3.05) is 36.5 Å². The predicted molar refractivity (Wildman–Crippen MR) is 104 cm³/mol. The Labute approximate surface area is 159 Å². The van der Waals surface area contributed by atoms with Crippen molar-refractivity contribution < 1.29 is 14.3 Å². The first kappa shape index (κ1) is 18.7. The summed E-state index contributed by atoms with van der Waals surface area (Å²) in [6, 6.07) is 14.8. The van der Waals surface area contributed by atoms with Gasteiger partial charge in [0.05, 0.1) is 24.8 Å². The number of carbonyl (C=O) groups excluding carboxylic acids is 1. The second-order valence-corrected chi connectivity index (χ2v) is 6.48. The maximum atomic E-state index is 12.5. The molecule has 2 aromatic carbocycles. The van der Waals surface area contributed by atoms with Gasteiger partial charge in [-0.05, 0) is 61.9 Å². The van der Waals surface area contributed by atoms with Crippen molar-refractivity contribution in [3.05, 3.63) is 53.6 Å². The lowest BCUT2D eigenvalue weighted by molar-refractivity contribution is -0.122. The standard InChI is InChI=1S/C21H23N3O3/c1-15-13-18(24-9-11-26-12-10-24)5-8-20(15)23-21(25)16(2)27-19-6-3-17(14-22)4-7-19/h3-8,13,16H,9-12H2,1-2H3,(H,23,25). The summed E-state index contributed by atoms with van der Waals surface area (Å²) < 4.78 is 11.1. The number of benzene rings is 2. The second-order valence-electron chi connectivity index (χ2n) is 6.48. The number of ether oxygens (including phenoxy) is 2. The SMILES string of the molecule is Cc1cc(N2CCOCC2)ccc1NC(=O)C(C)Oc1ccc(C#N)cc1. The van der Waals surface area contributed by atoms with E-state index in [1.54, 1.807) is 31.2 Å². The van der Waals surface area contributed by atoms with Crippen LogP contribution in [0.15, 0.2) is 42.5 Å². The monoisotopic (exact) mass is 365 g/mol. The van der Waals surface area contributed by atoms with Gasteiger partial charge in [-0.2, -0.15) is 5.26 Å². The molecule has 27 heavy (non-hydrogen) atoms. The molecular formula is C21H23N3O3. The van der Waals surface area contributed by atoms with Crippen molar-refractivity contribution in [1.82, 2.24) is 0 Å².